The first-order chi connectivity index (χ1) is 18.1. The fraction of sp³-hybridized carbons (Fsp3) is 0.345. The number of nitrogens with zero attached hydrogens (tertiary/aromatic N) is 4. The van der Waals surface area contributed by atoms with Crippen LogP contribution in [0.1, 0.15) is 53.9 Å². The lowest BCUT2D eigenvalue weighted by molar-refractivity contribution is 0.0791. The number of likely N-dealkylation sites (tertiary alicyclic amines) is 1. The second-order valence-electron chi connectivity index (χ2n) is 10.2. The van der Waals surface area contributed by atoms with Crippen LogP contribution in [0.3, 0.4) is 0 Å². The number of imidazole rings is 1. The van der Waals surface area contributed by atoms with Crippen molar-refractivity contribution in [2.75, 3.05) is 23.7 Å². The van der Waals surface area contributed by atoms with Crippen molar-refractivity contribution < 1.29 is 4.79 Å². The van der Waals surface area contributed by atoms with Gasteiger partial charge in [0.2, 0.25) is 0 Å². The summed E-state index contributed by atoms with van der Waals surface area (Å²) in [6, 6.07) is 20.9. The molecule has 0 spiro atoms. The first-order valence-electron chi connectivity index (χ1n) is 13.2. The van der Waals surface area contributed by atoms with Gasteiger partial charge in [-0.25, -0.2) is 9.50 Å². The molecule has 8 heteroatoms. The minimum Gasteiger partial charge on any atom is -0.366 e. The highest BCUT2D eigenvalue weighted by Crippen LogP contribution is 2.29. The van der Waals surface area contributed by atoms with Crippen molar-refractivity contribution in [1.29, 1.82) is 0 Å². The average molecular weight is 496 g/mol. The molecule has 3 heterocycles. The topological polar surface area (TPSA) is 101 Å². The predicted molar refractivity (Wildman–Crippen MR) is 146 cm³/mol. The summed E-state index contributed by atoms with van der Waals surface area (Å²) in [6.45, 7) is 1.55. The Morgan fingerprint density at radius 2 is 1.76 bits per heavy atom. The molecule has 6 rings (SSSR count). The van der Waals surface area contributed by atoms with Gasteiger partial charge < -0.3 is 21.3 Å². The van der Waals surface area contributed by atoms with Crippen molar-refractivity contribution in [2.45, 2.75) is 50.1 Å². The number of rotatable bonds is 6. The number of hydrogen-bond donors (Lipinski definition) is 3. The van der Waals surface area contributed by atoms with Gasteiger partial charge in [0.25, 0.3) is 5.91 Å². The Hall–Kier alpha value is -3.91. The number of nitrogens with two attached hydrogens (primary N) is 1. The molecule has 190 valence electrons. The number of benzene rings is 2. The lowest BCUT2D eigenvalue weighted by Crippen LogP contribution is -2.33. The van der Waals surface area contributed by atoms with Gasteiger partial charge in [0.1, 0.15) is 5.82 Å². The molecule has 0 radical (unpaired) electrons. The van der Waals surface area contributed by atoms with Crippen LogP contribution in [0.5, 0.6) is 0 Å². The van der Waals surface area contributed by atoms with Crippen LogP contribution in [0.25, 0.3) is 5.65 Å². The first kappa shape index (κ1) is 23.5. The number of fused-ring (bicyclic) bond motifs is 1. The molecule has 37 heavy (non-hydrogen) atoms. The maximum Gasteiger partial charge on any atom is 0.253 e. The van der Waals surface area contributed by atoms with Gasteiger partial charge in [0.15, 0.2) is 5.65 Å². The summed E-state index contributed by atoms with van der Waals surface area (Å²) < 4.78 is 1.79. The fourth-order valence-corrected chi connectivity index (χ4v) is 5.53. The van der Waals surface area contributed by atoms with E-state index in [4.69, 9.17) is 5.73 Å². The summed E-state index contributed by atoms with van der Waals surface area (Å²) in [5.74, 6) is 1.30. The van der Waals surface area contributed by atoms with Gasteiger partial charge in [-0.2, -0.15) is 0 Å². The Morgan fingerprint density at radius 3 is 2.54 bits per heavy atom. The van der Waals surface area contributed by atoms with Gasteiger partial charge in [-0.15, -0.1) is 5.10 Å². The normalized spacial score (nSPS) is 21.8. The predicted octanol–water partition coefficient (Wildman–Crippen LogP) is 4.78. The molecule has 1 saturated carbocycles. The molecule has 1 unspecified atom stereocenters. The van der Waals surface area contributed by atoms with Crippen molar-refractivity contribution in [3.05, 3.63) is 84.2 Å². The second-order valence-corrected chi connectivity index (χ2v) is 10.2. The molecule has 4 aromatic rings. The summed E-state index contributed by atoms with van der Waals surface area (Å²) in [7, 11) is 0. The summed E-state index contributed by atoms with van der Waals surface area (Å²) in [6.07, 6.45) is 8.76. The molecular formula is C29H33N7O. The number of nitrogens with one attached hydrogen (secondary N) is 2. The third-order valence-corrected chi connectivity index (χ3v) is 7.64. The van der Waals surface area contributed by atoms with Crippen LogP contribution in [-0.2, 0) is 0 Å². The molecule has 0 bridgehead atoms. The Bertz CT molecular complexity index is 1360. The molecule has 2 fully saturated rings. The van der Waals surface area contributed by atoms with Crippen molar-refractivity contribution >= 4 is 28.7 Å². The van der Waals surface area contributed by atoms with Crippen LogP contribution < -0.4 is 16.4 Å². The average Bonchev–Trinajstić information content (AvgIpc) is 3.61. The van der Waals surface area contributed by atoms with E-state index in [0.717, 1.165) is 68.0 Å². The molecule has 8 nitrogen and oxygen atoms in total. The Labute approximate surface area is 216 Å². The zero-order valence-electron chi connectivity index (χ0n) is 20.9. The van der Waals surface area contributed by atoms with Crippen molar-refractivity contribution in [1.82, 2.24) is 19.5 Å². The van der Waals surface area contributed by atoms with E-state index in [1.807, 2.05) is 47.5 Å². The van der Waals surface area contributed by atoms with E-state index in [2.05, 4.69) is 45.0 Å². The van der Waals surface area contributed by atoms with Crippen molar-refractivity contribution in [2.24, 2.45) is 5.73 Å². The highest BCUT2D eigenvalue weighted by Gasteiger charge is 2.28. The minimum absolute atomic E-state index is 0.0863. The quantitative estimate of drug-likeness (QED) is 0.356. The molecule has 4 N–H and O–H groups in total. The SMILES string of the molecule is NC1CCC(Nc2cc(Nc3ccc(C(=O)N4CCC(c5ccccc5)C4)cc3)c3nccn3n2)CC1. The summed E-state index contributed by atoms with van der Waals surface area (Å²) in [5, 5.41) is 11.7. The third-order valence-electron chi connectivity index (χ3n) is 7.64. The van der Waals surface area contributed by atoms with Crippen LogP contribution >= 0.6 is 0 Å². The first-order valence-corrected chi connectivity index (χ1v) is 13.2. The zero-order chi connectivity index (χ0) is 25.2. The highest BCUT2D eigenvalue weighted by atomic mass is 16.2. The number of aromatic nitrogens is 3. The smallest absolute Gasteiger partial charge is 0.253 e. The Morgan fingerprint density at radius 1 is 0.973 bits per heavy atom. The standard InChI is InChI=1S/C29H33N7O/c30-23-8-12-25(13-9-23)33-27-18-26(28-31-15-17-36(28)34-27)32-24-10-6-21(7-11-24)29(37)35-16-14-22(19-35)20-4-2-1-3-5-20/h1-7,10-11,15,17-18,22-23,25,32H,8-9,12-14,16,19,30H2,(H,33,34). The molecule has 2 aromatic carbocycles. The van der Waals surface area contributed by atoms with E-state index in [9.17, 15) is 4.79 Å². The van der Waals surface area contributed by atoms with Crippen molar-refractivity contribution in [3.63, 3.8) is 0 Å². The third kappa shape index (κ3) is 5.15. The minimum atomic E-state index is 0.0863. The van der Waals surface area contributed by atoms with E-state index < -0.39 is 0 Å². The maximum absolute atomic E-state index is 13.2. The number of amides is 1. The molecular weight excluding hydrogens is 462 g/mol. The van der Waals surface area contributed by atoms with E-state index >= 15 is 0 Å². The van der Waals surface area contributed by atoms with E-state index in [-0.39, 0.29) is 5.91 Å². The summed E-state index contributed by atoms with van der Waals surface area (Å²) >= 11 is 0. The van der Waals surface area contributed by atoms with Crippen LogP contribution in [0.4, 0.5) is 17.2 Å². The fourth-order valence-electron chi connectivity index (χ4n) is 5.53. The van der Waals surface area contributed by atoms with E-state index in [1.54, 1.807) is 10.7 Å². The molecule has 2 aliphatic rings. The number of anilines is 3. The maximum atomic E-state index is 13.2. The van der Waals surface area contributed by atoms with Gasteiger partial charge in [-0.1, -0.05) is 30.3 Å². The number of carbonyl (C=O) groups is 1. The number of carbonyl (C=O) groups excluding carboxylic acids is 1. The number of hydrogen-bond acceptors (Lipinski definition) is 6. The molecule has 1 aliphatic heterocycles. The van der Waals surface area contributed by atoms with Crippen LogP contribution in [0.2, 0.25) is 0 Å². The van der Waals surface area contributed by atoms with Gasteiger partial charge in [0.05, 0.1) is 5.69 Å². The largest absolute Gasteiger partial charge is 0.366 e. The van der Waals surface area contributed by atoms with Gasteiger partial charge >= 0.3 is 0 Å². The van der Waals surface area contributed by atoms with Crippen LogP contribution in [0.15, 0.2) is 73.1 Å². The van der Waals surface area contributed by atoms with Gasteiger partial charge in [-0.05, 0) is 61.9 Å². The van der Waals surface area contributed by atoms with E-state index in [0.29, 0.717) is 23.6 Å². The Kier molecular flexibility index (Phi) is 6.49. The van der Waals surface area contributed by atoms with Gasteiger partial charge in [0, 0.05) is 60.8 Å². The molecule has 2 aromatic heterocycles. The molecule has 1 atom stereocenters. The van der Waals surface area contributed by atoms with Crippen molar-refractivity contribution in [3.8, 4) is 0 Å². The van der Waals surface area contributed by atoms with E-state index in [1.165, 1.54) is 5.56 Å². The lowest BCUT2D eigenvalue weighted by atomic mass is 9.92. The van der Waals surface area contributed by atoms with Crippen LogP contribution in [-0.4, -0.2) is 50.6 Å². The highest BCUT2D eigenvalue weighted by molar-refractivity contribution is 5.95. The Balaban J connectivity index is 1.14. The van der Waals surface area contributed by atoms with Gasteiger partial charge in [-0.3, -0.25) is 4.79 Å². The monoisotopic (exact) mass is 495 g/mol. The second kappa shape index (κ2) is 10.2. The zero-order valence-corrected chi connectivity index (χ0v) is 20.9. The van der Waals surface area contributed by atoms with Crippen LogP contribution in [0, 0.1) is 0 Å². The molecule has 1 amide bonds. The summed E-state index contributed by atoms with van der Waals surface area (Å²) in [4.78, 5) is 19.6. The lowest BCUT2D eigenvalue weighted by Gasteiger charge is -2.27. The molecule has 1 saturated heterocycles. The summed E-state index contributed by atoms with van der Waals surface area (Å²) in [5.41, 5.74) is 10.6. The molecule has 1 aliphatic carbocycles.